The molecular formula is C20H25N3O6S. The first-order chi connectivity index (χ1) is 14.0. The third-order valence-corrected chi connectivity index (χ3v) is 5.55. The van der Waals surface area contributed by atoms with E-state index in [4.69, 9.17) is 4.74 Å². The summed E-state index contributed by atoms with van der Waals surface area (Å²) in [6.45, 7) is 5.33. The van der Waals surface area contributed by atoms with Crippen LogP contribution in [0, 0.1) is 17.0 Å². The van der Waals surface area contributed by atoms with Crippen LogP contribution in [0.25, 0.3) is 0 Å². The Morgan fingerprint density at radius 1 is 1.23 bits per heavy atom. The molecule has 2 aromatic carbocycles. The van der Waals surface area contributed by atoms with Crippen LogP contribution in [0.3, 0.4) is 0 Å². The maximum atomic E-state index is 12.6. The van der Waals surface area contributed by atoms with Crippen molar-refractivity contribution < 1.29 is 22.9 Å². The van der Waals surface area contributed by atoms with E-state index >= 15 is 0 Å². The Balaban J connectivity index is 2.20. The topological polar surface area (TPSA) is 119 Å². The third kappa shape index (κ3) is 5.93. The van der Waals surface area contributed by atoms with Gasteiger partial charge in [0.25, 0.3) is 5.69 Å². The number of benzene rings is 2. The Kier molecular flexibility index (Phi) is 7.38. The largest absolute Gasteiger partial charge is 0.494 e. The van der Waals surface area contributed by atoms with Gasteiger partial charge in [0.15, 0.2) is 0 Å². The molecule has 0 aliphatic carbocycles. The number of ether oxygens (including phenoxy) is 1. The van der Waals surface area contributed by atoms with Crippen molar-refractivity contribution >= 4 is 27.3 Å². The van der Waals surface area contributed by atoms with E-state index in [1.807, 2.05) is 19.1 Å². The van der Waals surface area contributed by atoms with Crippen LogP contribution in [-0.2, 0) is 14.8 Å². The van der Waals surface area contributed by atoms with Crippen LogP contribution in [0.2, 0.25) is 0 Å². The highest BCUT2D eigenvalue weighted by Gasteiger charge is 2.25. The van der Waals surface area contributed by atoms with Crippen molar-refractivity contribution in [3.8, 4) is 5.75 Å². The number of anilines is 1. The van der Waals surface area contributed by atoms with Crippen LogP contribution >= 0.6 is 0 Å². The summed E-state index contributed by atoms with van der Waals surface area (Å²) >= 11 is 0. The predicted octanol–water partition coefficient (Wildman–Crippen LogP) is 2.95. The van der Waals surface area contributed by atoms with E-state index in [-0.39, 0.29) is 17.4 Å². The Morgan fingerprint density at radius 3 is 2.40 bits per heavy atom. The van der Waals surface area contributed by atoms with Crippen molar-refractivity contribution in [3.63, 3.8) is 0 Å². The summed E-state index contributed by atoms with van der Waals surface area (Å²) < 4.78 is 30.9. The van der Waals surface area contributed by atoms with Gasteiger partial charge < -0.3 is 10.1 Å². The molecule has 0 fully saturated rings. The molecule has 1 N–H and O–H groups in total. The van der Waals surface area contributed by atoms with E-state index < -0.39 is 27.4 Å². The highest BCUT2D eigenvalue weighted by Crippen LogP contribution is 2.27. The average molecular weight is 436 g/mol. The first-order valence-corrected chi connectivity index (χ1v) is 11.1. The van der Waals surface area contributed by atoms with Crippen LogP contribution in [0.1, 0.15) is 31.0 Å². The first-order valence-electron chi connectivity index (χ1n) is 9.27. The van der Waals surface area contributed by atoms with Crippen LogP contribution in [-0.4, -0.2) is 38.7 Å². The monoisotopic (exact) mass is 435 g/mol. The zero-order valence-electron chi connectivity index (χ0n) is 17.3. The summed E-state index contributed by atoms with van der Waals surface area (Å²) in [4.78, 5) is 23.0. The molecule has 0 saturated heterocycles. The van der Waals surface area contributed by atoms with E-state index in [1.165, 1.54) is 12.1 Å². The number of nitrogens with zero attached hydrogens (tertiary/aromatic N) is 2. The molecule has 1 amide bonds. The van der Waals surface area contributed by atoms with Crippen molar-refractivity contribution in [2.45, 2.75) is 26.8 Å². The minimum Gasteiger partial charge on any atom is -0.494 e. The summed E-state index contributed by atoms with van der Waals surface area (Å²) in [6, 6.07) is 10.7. The molecule has 0 aliphatic rings. The minimum atomic E-state index is -3.86. The average Bonchev–Trinajstić information content (AvgIpc) is 2.66. The van der Waals surface area contributed by atoms with Gasteiger partial charge in [0.05, 0.1) is 29.5 Å². The summed E-state index contributed by atoms with van der Waals surface area (Å²) in [6.07, 6.45) is 0.953. The highest BCUT2D eigenvalue weighted by molar-refractivity contribution is 7.92. The Labute approximate surface area is 175 Å². The zero-order valence-corrected chi connectivity index (χ0v) is 18.1. The molecular weight excluding hydrogens is 410 g/mol. The van der Waals surface area contributed by atoms with Gasteiger partial charge in [0, 0.05) is 12.1 Å². The summed E-state index contributed by atoms with van der Waals surface area (Å²) in [5, 5.41) is 13.8. The number of rotatable bonds is 9. The molecule has 0 saturated carbocycles. The van der Waals surface area contributed by atoms with Crippen LogP contribution in [0.5, 0.6) is 5.75 Å². The minimum absolute atomic E-state index is 0.0931. The molecule has 0 heterocycles. The summed E-state index contributed by atoms with van der Waals surface area (Å²) in [5.74, 6) is 0.178. The molecule has 0 aromatic heterocycles. The van der Waals surface area contributed by atoms with Gasteiger partial charge in [-0.05, 0) is 44.0 Å². The van der Waals surface area contributed by atoms with Crippen molar-refractivity contribution in [1.29, 1.82) is 0 Å². The number of nitro groups is 1. The molecule has 0 radical (unpaired) electrons. The van der Waals surface area contributed by atoms with E-state index in [1.54, 1.807) is 26.0 Å². The number of non-ortho nitro benzene ring substituents is 1. The lowest BCUT2D eigenvalue weighted by Gasteiger charge is -2.24. The molecule has 0 bridgehead atoms. The van der Waals surface area contributed by atoms with Crippen molar-refractivity contribution in [2.75, 3.05) is 23.7 Å². The smallest absolute Gasteiger partial charge is 0.271 e. The Hall–Kier alpha value is -3.14. The lowest BCUT2D eigenvalue weighted by molar-refractivity contribution is -0.384. The van der Waals surface area contributed by atoms with Gasteiger partial charge in [-0.2, -0.15) is 0 Å². The number of nitrogens with one attached hydrogen (secondary N) is 1. The number of sulfonamides is 1. The second-order valence-electron chi connectivity index (χ2n) is 6.79. The molecule has 10 heteroatoms. The van der Waals surface area contributed by atoms with E-state index in [9.17, 15) is 23.3 Å². The fourth-order valence-electron chi connectivity index (χ4n) is 2.88. The molecule has 0 aliphatic heterocycles. The first kappa shape index (κ1) is 23.1. The van der Waals surface area contributed by atoms with E-state index in [0.29, 0.717) is 17.9 Å². The molecule has 0 unspecified atom stereocenters. The molecule has 0 spiro atoms. The number of hydrogen-bond donors (Lipinski definition) is 1. The molecule has 1 atom stereocenters. The van der Waals surface area contributed by atoms with E-state index in [0.717, 1.165) is 22.2 Å². The fraction of sp³-hybridized carbons (Fsp3) is 0.350. The second-order valence-corrected chi connectivity index (χ2v) is 8.70. The number of carbonyl (C=O) groups is 1. The van der Waals surface area contributed by atoms with Gasteiger partial charge >= 0.3 is 0 Å². The number of nitro benzene ring substituents is 1. The van der Waals surface area contributed by atoms with Gasteiger partial charge in [-0.15, -0.1) is 0 Å². The van der Waals surface area contributed by atoms with Crippen molar-refractivity contribution in [2.24, 2.45) is 0 Å². The van der Waals surface area contributed by atoms with Gasteiger partial charge in [-0.1, -0.05) is 18.2 Å². The van der Waals surface area contributed by atoms with Crippen LogP contribution < -0.4 is 14.4 Å². The van der Waals surface area contributed by atoms with Gasteiger partial charge in [0.2, 0.25) is 15.9 Å². The number of hydrogen-bond acceptors (Lipinski definition) is 6. The Bertz CT molecular complexity index is 1020. The molecule has 30 heavy (non-hydrogen) atoms. The lowest BCUT2D eigenvalue weighted by Crippen LogP contribution is -2.41. The van der Waals surface area contributed by atoms with Gasteiger partial charge in [-0.3, -0.25) is 19.2 Å². The van der Waals surface area contributed by atoms with Crippen molar-refractivity contribution in [3.05, 3.63) is 63.7 Å². The molecule has 2 aromatic rings. The zero-order chi connectivity index (χ0) is 22.5. The highest BCUT2D eigenvalue weighted by atomic mass is 32.2. The molecule has 2 rings (SSSR count). The normalized spacial score (nSPS) is 12.1. The SMILES string of the molecule is CCOc1ccc([C@@H](C)NC(=O)CN(c2cc([N+](=O)[O-])ccc2C)S(C)(=O)=O)cc1. The van der Waals surface area contributed by atoms with Gasteiger partial charge in [-0.25, -0.2) is 8.42 Å². The maximum Gasteiger partial charge on any atom is 0.271 e. The van der Waals surface area contributed by atoms with Crippen LogP contribution in [0.15, 0.2) is 42.5 Å². The lowest BCUT2D eigenvalue weighted by atomic mass is 10.1. The number of amides is 1. The molecule has 162 valence electrons. The van der Waals surface area contributed by atoms with E-state index in [2.05, 4.69) is 5.32 Å². The Morgan fingerprint density at radius 2 is 1.87 bits per heavy atom. The van der Waals surface area contributed by atoms with Crippen LogP contribution in [0.4, 0.5) is 11.4 Å². The fourth-order valence-corrected chi connectivity index (χ4v) is 3.79. The second kappa shape index (κ2) is 9.57. The summed E-state index contributed by atoms with van der Waals surface area (Å²) in [5.41, 5.74) is 1.16. The molecule has 9 nitrogen and oxygen atoms in total. The summed E-state index contributed by atoms with van der Waals surface area (Å²) in [7, 11) is -3.86. The predicted molar refractivity (Wildman–Crippen MR) is 114 cm³/mol. The maximum absolute atomic E-state index is 12.6. The van der Waals surface area contributed by atoms with Gasteiger partial charge in [0.1, 0.15) is 12.3 Å². The number of aryl methyl sites for hydroxylation is 1. The van der Waals surface area contributed by atoms with Crippen molar-refractivity contribution in [1.82, 2.24) is 5.32 Å². The quantitative estimate of drug-likeness (QED) is 0.478. The number of carbonyl (C=O) groups excluding carboxylic acids is 1. The third-order valence-electron chi connectivity index (χ3n) is 4.43. The standard InChI is InChI=1S/C20H25N3O6S/c1-5-29-18-10-7-16(8-11-18)15(3)21-20(24)13-22(30(4,27)28)19-12-17(23(25)26)9-6-14(19)2/h6-12,15H,5,13H2,1-4H3,(H,21,24)/t15-/m1/s1.